The smallest absolute Gasteiger partial charge is 0.152 e. The fraction of sp³-hybridized carbons (Fsp3) is 0.286. The van der Waals surface area contributed by atoms with Crippen molar-refractivity contribution in [1.29, 1.82) is 0 Å². The van der Waals surface area contributed by atoms with Crippen molar-refractivity contribution in [2.24, 2.45) is 0 Å². The number of ketones is 1. The highest BCUT2D eigenvalue weighted by Crippen LogP contribution is 2.17. The van der Waals surface area contributed by atoms with Crippen LogP contribution in [-0.2, 0) is 4.79 Å². The van der Waals surface area contributed by atoms with Crippen molar-refractivity contribution < 1.29 is 9.53 Å². The van der Waals surface area contributed by atoms with Crippen molar-refractivity contribution in [3.63, 3.8) is 0 Å². The molecule has 0 saturated heterocycles. The van der Waals surface area contributed by atoms with Gasteiger partial charge in [0, 0.05) is 0 Å². The quantitative estimate of drug-likeness (QED) is 0.682. The van der Waals surface area contributed by atoms with Crippen LogP contribution in [0.25, 0.3) is 6.08 Å². The number of benzene rings is 2. The van der Waals surface area contributed by atoms with E-state index in [2.05, 4.69) is 44.2 Å². The summed E-state index contributed by atoms with van der Waals surface area (Å²) in [5.74, 6) is 1.55. The van der Waals surface area contributed by atoms with E-state index < -0.39 is 0 Å². The van der Waals surface area contributed by atoms with Crippen molar-refractivity contribution >= 4 is 11.9 Å². The highest BCUT2D eigenvalue weighted by Gasteiger charge is 1.98. The molecule has 0 spiro atoms. The van der Waals surface area contributed by atoms with Crippen molar-refractivity contribution in [3.8, 4) is 5.75 Å². The number of carbonyl (C=O) groups is 1. The third-order valence-electron chi connectivity index (χ3n) is 3.59. The molecule has 23 heavy (non-hydrogen) atoms. The Morgan fingerprint density at radius 2 is 1.83 bits per heavy atom. The van der Waals surface area contributed by atoms with Crippen LogP contribution in [-0.4, -0.2) is 12.9 Å². The molecule has 2 aromatic rings. The van der Waals surface area contributed by atoms with Crippen molar-refractivity contribution in [2.45, 2.75) is 33.1 Å². The predicted octanol–water partition coefficient (Wildman–Crippen LogP) is 5.50. The molecule has 2 heteroatoms. The molecule has 2 nitrogen and oxygen atoms in total. The maximum Gasteiger partial charge on any atom is 0.152 e. The van der Waals surface area contributed by atoms with E-state index in [0.29, 0.717) is 5.92 Å². The average molecular weight is 310 g/mol. The minimum atomic E-state index is 0.0443. The first-order valence-corrected chi connectivity index (χ1v) is 7.94. The summed E-state index contributed by atoms with van der Waals surface area (Å²) in [7, 11) is 1.62. The Morgan fingerprint density at radius 3 is 2.39 bits per heavy atom. The lowest BCUT2D eigenvalue weighted by molar-refractivity contribution is -0.112. The summed E-state index contributed by atoms with van der Waals surface area (Å²) in [6, 6.07) is 18.2. The van der Waals surface area contributed by atoms with E-state index in [4.69, 9.17) is 4.74 Å². The van der Waals surface area contributed by atoms with E-state index >= 15 is 0 Å². The van der Waals surface area contributed by atoms with E-state index in [-0.39, 0.29) is 5.78 Å². The molecule has 0 aliphatic rings. The highest BCUT2D eigenvalue weighted by atomic mass is 16.5. The SMILES string of the molecule is CCC(C)c1ccccc1.COc1cccc(/C=C/C(C)=O)c1. The topological polar surface area (TPSA) is 26.3 Å². The first kappa shape index (κ1) is 18.7. The van der Waals surface area contributed by atoms with Crippen LogP contribution >= 0.6 is 0 Å². The molecule has 0 aliphatic carbocycles. The fourth-order valence-corrected chi connectivity index (χ4v) is 1.98. The predicted molar refractivity (Wildman–Crippen MR) is 97.9 cm³/mol. The van der Waals surface area contributed by atoms with E-state index in [1.807, 2.05) is 24.3 Å². The third kappa shape index (κ3) is 7.46. The summed E-state index contributed by atoms with van der Waals surface area (Å²) >= 11 is 0. The van der Waals surface area contributed by atoms with Crippen molar-refractivity contribution in [1.82, 2.24) is 0 Å². The van der Waals surface area contributed by atoms with Gasteiger partial charge in [-0.3, -0.25) is 4.79 Å². The van der Waals surface area contributed by atoms with Crippen molar-refractivity contribution in [2.75, 3.05) is 7.11 Å². The van der Waals surface area contributed by atoms with Crippen LogP contribution in [0.5, 0.6) is 5.75 Å². The van der Waals surface area contributed by atoms with E-state index in [9.17, 15) is 4.79 Å². The number of ether oxygens (including phenoxy) is 1. The minimum Gasteiger partial charge on any atom is -0.497 e. The van der Waals surface area contributed by atoms with Gasteiger partial charge in [0.2, 0.25) is 0 Å². The summed E-state index contributed by atoms with van der Waals surface area (Å²) < 4.78 is 5.04. The zero-order valence-corrected chi connectivity index (χ0v) is 14.5. The van der Waals surface area contributed by atoms with Crippen LogP contribution in [0.15, 0.2) is 60.7 Å². The number of methoxy groups -OCH3 is 1. The van der Waals surface area contributed by atoms with Crippen LogP contribution in [0.2, 0.25) is 0 Å². The summed E-state index contributed by atoms with van der Waals surface area (Å²) in [5.41, 5.74) is 2.42. The van der Waals surface area contributed by atoms with Gasteiger partial charge in [-0.05, 0) is 48.6 Å². The Morgan fingerprint density at radius 1 is 1.13 bits per heavy atom. The van der Waals surface area contributed by atoms with Crippen LogP contribution < -0.4 is 4.74 Å². The summed E-state index contributed by atoms with van der Waals surface area (Å²) in [4.78, 5) is 10.7. The normalized spacial score (nSPS) is 11.5. The first-order valence-electron chi connectivity index (χ1n) is 7.94. The second-order valence-corrected chi connectivity index (χ2v) is 5.44. The van der Waals surface area contributed by atoms with Crippen LogP contribution in [0.3, 0.4) is 0 Å². The molecule has 0 heterocycles. The summed E-state index contributed by atoms with van der Waals surface area (Å²) in [5, 5.41) is 0. The Hall–Kier alpha value is -2.35. The zero-order chi connectivity index (χ0) is 17.1. The minimum absolute atomic E-state index is 0.0443. The highest BCUT2D eigenvalue weighted by molar-refractivity contribution is 5.91. The van der Waals surface area contributed by atoms with Crippen LogP contribution in [0.1, 0.15) is 44.2 Å². The molecule has 1 unspecified atom stereocenters. The van der Waals surface area contributed by atoms with Gasteiger partial charge in [0.05, 0.1) is 7.11 Å². The lowest BCUT2D eigenvalue weighted by Gasteiger charge is -2.06. The molecular formula is C21H26O2. The molecule has 0 amide bonds. The molecule has 0 aliphatic heterocycles. The lowest BCUT2D eigenvalue weighted by Crippen LogP contribution is -1.88. The van der Waals surface area contributed by atoms with Gasteiger partial charge >= 0.3 is 0 Å². The number of hydrogen-bond donors (Lipinski definition) is 0. The molecule has 122 valence electrons. The van der Waals surface area contributed by atoms with Crippen LogP contribution in [0, 0.1) is 0 Å². The van der Waals surface area contributed by atoms with Gasteiger partial charge in [-0.1, -0.05) is 62.4 Å². The molecule has 2 rings (SSSR count). The Kier molecular flexibility index (Phi) is 8.45. The van der Waals surface area contributed by atoms with Gasteiger partial charge < -0.3 is 4.74 Å². The first-order chi connectivity index (χ1) is 11.1. The van der Waals surface area contributed by atoms with E-state index in [1.54, 1.807) is 13.2 Å². The third-order valence-corrected chi connectivity index (χ3v) is 3.59. The van der Waals surface area contributed by atoms with Gasteiger partial charge in [0.1, 0.15) is 5.75 Å². The maximum absolute atomic E-state index is 10.7. The van der Waals surface area contributed by atoms with Gasteiger partial charge in [-0.25, -0.2) is 0 Å². The molecule has 0 fully saturated rings. The molecule has 0 bridgehead atoms. The Labute approximate surface area is 139 Å². The number of allylic oxidation sites excluding steroid dienone is 1. The summed E-state index contributed by atoms with van der Waals surface area (Å²) in [6.07, 6.45) is 4.53. The maximum atomic E-state index is 10.7. The van der Waals surface area contributed by atoms with E-state index in [0.717, 1.165) is 11.3 Å². The van der Waals surface area contributed by atoms with Gasteiger partial charge in [0.15, 0.2) is 5.78 Å². The molecular weight excluding hydrogens is 284 g/mol. The van der Waals surface area contributed by atoms with Crippen LogP contribution in [0.4, 0.5) is 0 Å². The average Bonchev–Trinajstić information content (AvgIpc) is 2.60. The molecule has 1 atom stereocenters. The second-order valence-electron chi connectivity index (χ2n) is 5.44. The molecule has 0 radical (unpaired) electrons. The number of hydrogen-bond acceptors (Lipinski definition) is 2. The van der Waals surface area contributed by atoms with Gasteiger partial charge in [-0.2, -0.15) is 0 Å². The van der Waals surface area contributed by atoms with Gasteiger partial charge in [-0.15, -0.1) is 0 Å². The Bertz CT molecular complexity index is 615. The standard InChI is InChI=1S/C11H12O2.C10H14/c1-9(12)6-7-10-4-3-5-11(8-10)13-2;1-3-9(2)10-7-5-4-6-8-10/h3-8H,1-2H3;4-9H,3H2,1-2H3/b7-6+;. The number of carbonyl (C=O) groups excluding carboxylic acids is 1. The van der Waals surface area contributed by atoms with Crippen molar-refractivity contribution in [3.05, 3.63) is 71.8 Å². The number of rotatable bonds is 5. The van der Waals surface area contributed by atoms with E-state index in [1.165, 1.54) is 25.0 Å². The molecule has 2 aromatic carbocycles. The fourth-order valence-electron chi connectivity index (χ4n) is 1.98. The second kappa shape index (κ2) is 10.4. The monoisotopic (exact) mass is 310 g/mol. The van der Waals surface area contributed by atoms with Gasteiger partial charge in [0.25, 0.3) is 0 Å². The molecule has 0 aromatic heterocycles. The lowest BCUT2D eigenvalue weighted by atomic mass is 9.99. The molecule has 0 N–H and O–H groups in total. The Balaban J connectivity index is 0.000000238. The largest absolute Gasteiger partial charge is 0.497 e. The zero-order valence-electron chi connectivity index (χ0n) is 14.5. The summed E-state index contributed by atoms with van der Waals surface area (Å²) in [6.45, 7) is 6.00. The molecule has 0 saturated carbocycles.